The molecule has 1 unspecified atom stereocenters. The summed E-state index contributed by atoms with van der Waals surface area (Å²) < 4.78 is 0. The SMILES string of the molecule is CSCCC(NC(=O)c1cnccc1Cl)C(=O)O. The molecule has 0 saturated carbocycles. The third-order valence-corrected chi connectivity index (χ3v) is 3.20. The molecule has 0 aromatic carbocycles. The number of carbonyl (C=O) groups excluding carboxylic acids is 1. The smallest absolute Gasteiger partial charge is 0.326 e. The molecule has 2 N–H and O–H groups in total. The van der Waals surface area contributed by atoms with E-state index in [1.54, 1.807) is 0 Å². The molecule has 0 bridgehead atoms. The van der Waals surface area contributed by atoms with E-state index in [-0.39, 0.29) is 10.6 Å². The van der Waals surface area contributed by atoms with Crippen molar-refractivity contribution < 1.29 is 14.7 Å². The molecule has 98 valence electrons. The zero-order chi connectivity index (χ0) is 13.5. The number of hydrogen-bond acceptors (Lipinski definition) is 4. The number of thioether (sulfide) groups is 1. The van der Waals surface area contributed by atoms with Gasteiger partial charge < -0.3 is 10.4 Å². The van der Waals surface area contributed by atoms with Crippen LogP contribution in [-0.4, -0.2) is 40.0 Å². The van der Waals surface area contributed by atoms with Gasteiger partial charge in [-0.05, 0) is 24.5 Å². The Morgan fingerprint density at radius 2 is 2.33 bits per heavy atom. The number of aliphatic carboxylic acids is 1. The first-order valence-electron chi connectivity index (χ1n) is 5.18. The molecule has 0 aliphatic rings. The second-order valence-corrected chi connectivity index (χ2v) is 4.89. The lowest BCUT2D eigenvalue weighted by Gasteiger charge is -2.14. The molecule has 5 nitrogen and oxygen atoms in total. The Hall–Kier alpha value is -1.27. The Labute approximate surface area is 114 Å². The van der Waals surface area contributed by atoms with Crippen LogP contribution in [0.5, 0.6) is 0 Å². The highest BCUT2D eigenvalue weighted by atomic mass is 35.5. The summed E-state index contributed by atoms with van der Waals surface area (Å²) in [5.74, 6) is -0.933. The van der Waals surface area contributed by atoms with E-state index in [9.17, 15) is 9.59 Å². The minimum absolute atomic E-state index is 0.176. The maximum atomic E-state index is 11.8. The summed E-state index contributed by atoms with van der Waals surface area (Å²) >= 11 is 7.35. The van der Waals surface area contributed by atoms with Crippen LogP contribution >= 0.6 is 23.4 Å². The van der Waals surface area contributed by atoms with E-state index in [0.29, 0.717) is 12.2 Å². The molecule has 1 aromatic heterocycles. The van der Waals surface area contributed by atoms with Gasteiger partial charge in [-0.3, -0.25) is 9.78 Å². The number of carbonyl (C=O) groups is 2. The maximum Gasteiger partial charge on any atom is 0.326 e. The van der Waals surface area contributed by atoms with Gasteiger partial charge in [0.1, 0.15) is 6.04 Å². The lowest BCUT2D eigenvalue weighted by atomic mass is 10.2. The van der Waals surface area contributed by atoms with Crippen LogP contribution in [0.1, 0.15) is 16.8 Å². The van der Waals surface area contributed by atoms with Crippen LogP contribution in [0.15, 0.2) is 18.5 Å². The number of nitrogens with one attached hydrogen (secondary N) is 1. The van der Waals surface area contributed by atoms with Gasteiger partial charge in [0.15, 0.2) is 0 Å². The molecule has 0 fully saturated rings. The first-order valence-corrected chi connectivity index (χ1v) is 6.95. The van der Waals surface area contributed by atoms with E-state index in [1.807, 2.05) is 6.26 Å². The Balaban J connectivity index is 2.72. The summed E-state index contributed by atoms with van der Waals surface area (Å²) in [7, 11) is 0. The fraction of sp³-hybridized carbons (Fsp3) is 0.364. The quantitative estimate of drug-likeness (QED) is 0.832. The number of carboxylic acid groups (broad SMARTS) is 1. The number of hydrogen-bond donors (Lipinski definition) is 2. The summed E-state index contributed by atoms with van der Waals surface area (Å²) in [4.78, 5) is 26.6. The van der Waals surface area contributed by atoms with E-state index in [0.717, 1.165) is 0 Å². The summed E-state index contributed by atoms with van der Waals surface area (Å²) in [6.45, 7) is 0. The highest BCUT2D eigenvalue weighted by Crippen LogP contribution is 2.13. The van der Waals surface area contributed by atoms with E-state index < -0.39 is 17.9 Å². The molecule has 7 heteroatoms. The van der Waals surface area contributed by atoms with Crippen LogP contribution in [-0.2, 0) is 4.79 Å². The largest absolute Gasteiger partial charge is 0.480 e. The first-order chi connectivity index (χ1) is 8.56. The monoisotopic (exact) mass is 288 g/mol. The highest BCUT2D eigenvalue weighted by Gasteiger charge is 2.21. The third-order valence-electron chi connectivity index (χ3n) is 2.23. The number of carboxylic acids is 1. The Kier molecular flexibility index (Phi) is 5.94. The predicted molar refractivity (Wildman–Crippen MR) is 71.1 cm³/mol. The molecule has 1 heterocycles. The topological polar surface area (TPSA) is 79.3 Å². The zero-order valence-corrected chi connectivity index (χ0v) is 11.3. The Morgan fingerprint density at radius 1 is 1.61 bits per heavy atom. The molecule has 0 saturated heterocycles. The summed E-state index contributed by atoms with van der Waals surface area (Å²) in [5.41, 5.74) is 0.176. The van der Waals surface area contributed by atoms with Crippen molar-refractivity contribution in [1.29, 1.82) is 0 Å². The van der Waals surface area contributed by atoms with Crippen LogP contribution in [0, 0.1) is 0 Å². The van der Waals surface area contributed by atoms with Crippen molar-refractivity contribution in [3.05, 3.63) is 29.0 Å². The van der Waals surface area contributed by atoms with Crippen LogP contribution in [0.2, 0.25) is 5.02 Å². The van der Waals surface area contributed by atoms with Crippen LogP contribution in [0.25, 0.3) is 0 Å². The fourth-order valence-corrected chi connectivity index (χ4v) is 1.94. The van der Waals surface area contributed by atoms with E-state index >= 15 is 0 Å². The maximum absolute atomic E-state index is 11.8. The lowest BCUT2D eigenvalue weighted by Crippen LogP contribution is -2.41. The van der Waals surface area contributed by atoms with Crippen molar-refractivity contribution in [1.82, 2.24) is 10.3 Å². The molecule has 0 spiro atoms. The fourth-order valence-electron chi connectivity index (χ4n) is 1.27. The number of aromatic nitrogens is 1. The van der Waals surface area contributed by atoms with Gasteiger partial charge in [0.05, 0.1) is 10.6 Å². The first kappa shape index (κ1) is 14.8. The molecule has 0 aliphatic carbocycles. The van der Waals surface area contributed by atoms with Gasteiger partial charge in [0.25, 0.3) is 5.91 Å². The van der Waals surface area contributed by atoms with Crippen molar-refractivity contribution in [3.8, 4) is 0 Å². The van der Waals surface area contributed by atoms with Crippen LogP contribution in [0.4, 0.5) is 0 Å². The molecule has 1 amide bonds. The lowest BCUT2D eigenvalue weighted by molar-refractivity contribution is -0.139. The van der Waals surface area contributed by atoms with Gasteiger partial charge in [-0.1, -0.05) is 11.6 Å². The van der Waals surface area contributed by atoms with E-state index in [2.05, 4.69) is 10.3 Å². The molecular formula is C11H13ClN2O3S. The summed E-state index contributed by atoms with van der Waals surface area (Å²) in [6, 6.07) is 0.565. The predicted octanol–water partition coefficient (Wildman–Crippen LogP) is 1.67. The number of nitrogens with zero attached hydrogens (tertiary/aromatic N) is 1. The molecular weight excluding hydrogens is 276 g/mol. The highest BCUT2D eigenvalue weighted by molar-refractivity contribution is 7.98. The van der Waals surface area contributed by atoms with Gasteiger partial charge in [-0.2, -0.15) is 11.8 Å². The Bertz CT molecular complexity index is 442. The second-order valence-electron chi connectivity index (χ2n) is 3.50. The van der Waals surface area contributed by atoms with Crippen molar-refractivity contribution in [3.63, 3.8) is 0 Å². The summed E-state index contributed by atoms with van der Waals surface area (Å²) in [6.07, 6.45) is 5.01. The number of rotatable bonds is 6. The zero-order valence-electron chi connectivity index (χ0n) is 9.72. The van der Waals surface area contributed by atoms with Crippen LogP contribution < -0.4 is 5.32 Å². The van der Waals surface area contributed by atoms with E-state index in [4.69, 9.17) is 16.7 Å². The second kappa shape index (κ2) is 7.23. The minimum Gasteiger partial charge on any atom is -0.480 e. The van der Waals surface area contributed by atoms with Gasteiger partial charge in [0, 0.05) is 12.4 Å². The average molecular weight is 289 g/mol. The molecule has 18 heavy (non-hydrogen) atoms. The van der Waals surface area contributed by atoms with Gasteiger partial charge >= 0.3 is 5.97 Å². The van der Waals surface area contributed by atoms with Gasteiger partial charge in [-0.15, -0.1) is 0 Å². The standard InChI is InChI=1S/C11H13ClN2O3S/c1-18-5-3-9(11(16)17)14-10(15)7-6-13-4-2-8(7)12/h2,4,6,9H,3,5H2,1H3,(H,14,15)(H,16,17). The molecule has 1 atom stereocenters. The molecule has 1 rings (SSSR count). The number of halogens is 1. The van der Waals surface area contributed by atoms with Gasteiger partial charge in [0.2, 0.25) is 0 Å². The van der Waals surface area contributed by atoms with Crippen molar-refractivity contribution in [2.24, 2.45) is 0 Å². The van der Waals surface area contributed by atoms with Crippen molar-refractivity contribution in [2.75, 3.05) is 12.0 Å². The van der Waals surface area contributed by atoms with Gasteiger partial charge in [-0.25, -0.2) is 4.79 Å². The van der Waals surface area contributed by atoms with Crippen molar-refractivity contribution in [2.45, 2.75) is 12.5 Å². The number of pyridine rings is 1. The minimum atomic E-state index is -1.06. The number of amides is 1. The third kappa shape index (κ3) is 4.19. The molecule has 0 radical (unpaired) electrons. The van der Waals surface area contributed by atoms with Crippen molar-refractivity contribution >= 4 is 35.2 Å². The Morgan fingerprint density at radius 3 is 2.89 bits per heavy atom. The molecule has 0 aliphatic heterocycles. The normalized spacial score (nSPS) is 11.9. The molecule has 1 aromatic rings. The van der Waals surface area contributed by atoms with E-state index in [1.165, 1.54) is 30.2 Å². The summed E-state index contributed by atoms with van der Waals surface area (Å²) in [5, 5.41) is 11.7. The average Bonchev–Trinajstić information content (AvgIpc) is 2.34. The van der Waals surface area contributed by atoms with Crippen LogP contribution in [0.3, 0.4) is 0 Å².